The molecule has 0 bridgehead atoms. The molecule has 0 aromatic heterocycles. The van der Waals surface area contributed by atoms with E-state index >= 15 is 4.39 Å². The van der Waals surface area contributed by atoms with Crippen LogP contribution >= 0.6 is 0 Å². The third-order valence-electron chi connectivity index (χ3n) is 5.84. The number of hydrogen-bond acceptors (Lipinski definition) is 5. The lowest BCUT2D eigenvalue weighted by molar-refractivity contribution is -0.117. The second-order valence-electron chi connectivity index (χ2n) is 7.94. The van der Waals surface area contributed by atoms with Crippen LogP contribution in [0, 0.1) is 11.7 Å². The highest BCUT2D eigenvalue weighted by molar-refractivity contribution is 7.92. The molecule has 1 aromatic carbocycles. The summed E-state index contributed by atoms with van der Waals surface area (Å²) in [6.45, 7) is 4.26. The molecule has 1 amide bonds. The molecule has 1 atom stereocenters. The molecule has 0 unspecified atom stereocenters. The average Bonchev–Trinajstić information content (AvgIpc) is 2.86. The van der Waals surface area contributed by atoms with Crippen molar-refractivity contribution in [3.63, 3.8) is 0 Å². The van der Waals surface area contributed by atoms with Crippen LogP contribution in [0.3, 0.4) is 0 Å². The van der Waals surface area contributed by atoms with Crippen LogP contribution in [0.4, 0.5) is 10.1 Å². The molecule has 9 heteroatoms. The quantitative estimate of drug-likeness (QED) is 0.641. The highest BCUT2D eigenvalue weighted by Crippen LogP contribution is 2.39. The second kappa shape index (κ2) is 7.04. The number of benzene rings is 1. The minimum Gasteiger partial charge on any atom is -0.506 e. The molecule has 1 aromatic rings. The second-order valence-corrected chi connectivity index (χ2v) is 9.53. The van der Waals surface area contributed by atoms with E-state index in [1.54, 1.807) is 4.72 Å². The van der Waals surface area contributed by atoms with Gasteiger partial charge >= 0.3 is 10.2 Å². The maximum absolute atomic E-state index is 15.2. The molecule has 3 N–H and O–H groups in total. The number of hydrogen-bond donors (Lipinski definition) is 3. The Morgan fingerprint density at radius 1 is 1.36 bits per heavy atom. The monoisotopic (exact) mass is 409 g/mol. The van der Waals surface area contributed by atoms with E-state index in [9.17, 15) is 18.3 Å². The molecule has 0 spiro atoms. The molecule has 152 valence electrons. The molecule has 2 fully saturated rings. The van der Waals surface area contributed by atoms with Crippen LogP contribution in [0.1, 0.15) is 36.8 Å². The van der Waals surface area contributed by atoms with Crippen molar-refractivity contribution in [2.24, 2.45) is 5.92 Å². The standard InChI is InChI=1S/C19H24FN3O4S/c1-11-6-12(7-11)4-5-21-14-3-2-13-8-16(24)19(18(20)15(13)9-14)23-10-17(25)22-28(23,26)27/h8,12,14,21,24H,1-7,9-10H2,(H,22,25)/t14-/m1/s1. The zero-order valence-electron chi connectivity index (χ0n) is 15.5. The molecule has 2 aliphatic carbocycles. The molecule has 28 heavy (non-hydrogen) atoms. The van der Waals surface area contributed by atoms with Crippen LogP contribution in [0.25, 0.3) is 0 Å². The third-order valence-corrected chi connectivity index (χ3v) is 7.21. The summed E-state index contributed by atoms with van der Waals surface area (Å²) in [5.41, 5.74) is 1.94. The minimum atomic E-state index is -4.19. The first-order chi connectivity index (χ1) is 13.2. The molecule has 1 aliphatic heterocycles. The van der Waals surface area contributed by atoms with E-state index in [1.807, 2.05) is 0 Å². The Bertz CT molecular complexity index is 939. The van der Waals surface area contributed by atoms with E-state index in [0.29, 0.717) is 34.2 Å². The highest BCUT2D eigenvalue weighted by atomic mass is 32.2. The van der Waals surface area contributed by atoms with Crippen LogP contribution in [0.15, 0.2) is 18.2 Å². The van der Waals surface area contributed by atoms with Gasteiger partial charge in [0.05, 0.1) is 0 Å². The first kappa shape index (κ1) is 19.2. The van der Waals surface area contributed by atoms with Gasteiger partial charge in [0.1, 0.15) is 18.0 Å². The Balaban J connectivity index is 1.51. The average molecular weight is 409 g/mol. The summed E-state index contributed by atoms with van der Waals surface area (Å²) in [4.78, 5) is 11.5. The van der Waals surface area contributed by atoms with Crippen molar-refractivity contribution < 1.29 is 22.7 Å². The summed E-state index contributed by atoms with van der Waals surface area (Å²) in [6, 6.07) is 1.51. The zero-order valence-corrected chi connectivity index (χ0v) is 16.3. The number of carbonyl (C=O) groups is 1. The van der Waals surface area contributed by atoms with Gasteiger partial charge in [0.25, 0.3) is 5.91 Å². The Morgan fingerprint density at radius 2 is 2.11 bits per heavy atom. The predicted molar refractivity (Wildman–Crippen MR) is 103 cm³/mol. The lowest BCUT2D eigenvalue weighted by atomic mass is 9.79. The lowest BCUT2D eigenvalue weighted by Crippen LogP contribution is -2.37. The number of carbonyl (C=O) groups excluding carboxylic acids is 1. The fraction of sp³-hybridized carbons (Fsp3) is 0.526. The van der Waals surface area contributed by atoms with Crippen molar-refractivity contribution in [1.29, 1.82) is 0 Å². The summed E-state index contributed by atoms with van der Waals surface area (Å²) in [6.07, 6.45) is 5.08. The fourth-order valence-electron chi connectivity index (χ4n) is 4.35. The number of allylic oxidation sites excluding steroid dienone is 1. The largest absolute Gasteiger partial charge is 0.506 e. The van der Waals surface area contributed by atoms with Crippen molar-refractivity contribution in [2.75, 3.05) is 17.4 Å². The van der Waals surface area contributed by atoms with E-state index in [-0.39, 0.29) is 6.04 Å². The number of nitrogens with one attached hydrogen (secondary N) is 2. The van der Waals surface area contributed by atoms with Gasteiger partial charge in [0.2, 0.25) is 0 Å². The molecule has 1 saturated heterocycles. The van der Waals surface area contributed by atoms with E-state index in [1.165, 1.54) is 11.6 Å². The third kappa shape index (κ3) is 3.48. The molecular weight excluding hydrogens is 385 g/mol. The number of fused-ring (bicyclic) bond motifs is 1. The first-order valence-corrected chi connectivity index (χ1v) is 10.9. The summed E-state index contributed by atoms with van der Waals surface area (Å²) >= 11 is 0. The van der Waals surface area contributed by atoms with Gasteiger partial charge in [-0.2, -0.15) is 8.42 Å². The first-order valence-electron chi connectivity index (χ1n) is 9.51. The molecule has 0 radical (unpaired) electrons. The number of halogens is 1. The van der Waals surface area contributed by atoms with E-state index in [0.717, 1.165) is 32.2 Å². The highest BCUT2D eigenvalue weighted by Gasteiger charge is 2.39. The van der Waals surface area contributed by atoms with E-state index in [4.69, 9.17) is 0 Å². The summed E-state index contributed by atoms with van der Waals surface area (Å²) in [5, 5.41) is 13.7. The van der Waals surface area contributed by atoms with E-state index < -0.39 is 39.9 Å². The number of phenols is 1. The number of nitrogens with zero attached hydrogens (tertiary/aromatic N) is 1. The van der Waals surface area contributed by atoms with Crippen LogP contribution in [0.5, 0.6) is 5.75 Å². The summed E-state index contributed by atoms with van der Waals surface area (Å²) < 4.78 is 41.8. The SMILES string of the molecule is C=C1CC(CCN[C@@H]2CCc3cc(O)c(N4CC(=O)NS4(=O)=O)c(F)c3C2)C1. The van der Waals surface area contributed by atoms with Gasteiger partial charge in [-0.3, -0.25) is 4.79 Å². The topological polar surface area (TPSA) is 98.7 Å². The van der Waals surface area contributed by atoms with Gasteiger partial charge in [-0.1, -0.05) is 12.2 Å². The Kier molecular flexibility index (Phi) is 4.83. The number of phenolic OH excluding ortho intramolecular Hbond substituents is 1. The summed E-state index contributed by atoms with van der Waals surface area (Å²) in [5.74, 6) is -1.30. The fourth-order valence-corrected chi connectivity index (χ4v) is 5.51. The number of aryl methyl sites for hydroxylation is 1. The van der Waals surface area contributed by atoms with Crippen LogP contribution in [-0.2, 0) is 27.8 Å². The van der Waals surface area contributed by atoms with Crippen molar-refractivity contribution in [1.82, 2.24) is 10.0 Å². The number of anilines is 1. The van der Waals surface area contributed by atoms with Gasteiger partial charge in [-0.25, -0.2) is 13.4 Å². The van der Waals surface area contributed by atoms with Gasteiger partial charge in [-0.05, 0) is 68.2 Å². The molecular formula is C19H24FN3O4S. The van der Waals surface area contributed by atoms with Crippen LogP contribution in [0.2, 0.25) is 0 Å². The molecule has 4 rings (SSSR count). The molecule has 3 aliphatic rings. The predicted octanol–water partition coefficient (Wildman–Crippen LogP) is 1.52. The zero-order chi connectivity index (χ0) is 20.1. The normalized spacial score (nSPS) is 24.0. The van der Waals surface area contributed by atoms with Crippen LogP contribution in [-0.4, -0.2) is 38.6 Å². The molecule has 1 saturated carbocycles. The molecule has 7 nitrogen and oxygen atoms in total. The molecule has 1 heterocycles. The Labute approximate surface area is 163 Å². The smallest absolute Gasteiger partial charge is 0.326 e. The van der Waals surface area contributed by atoms with Crippen molar-refractivity contribution in [3.8, 4) is 5.75 Å². The Morgan fingerprint density at radius 3 is 2.75 bits per heavy atom. The number of amides is 1. The van der Waals surface area contributed by atoms with Crippen LogP contribution < -0.4 is 14.3 Å². The lowest BCUT2D eigenvalue weighted by Gasteiger charge is -2.31. The number of rotatable bonds is 5. The number of aromatic hydroxyl groups is 1. The van der Waals surface area contributed by atoms with Crippen molar-refractivity contribution >= 4 is 21.8 Å². The Hall–Kier alpha value is -2.13. The van der Waals surface area contributed by atoms with Gasteiger partial charge in [0.15, 0.2) is 5.82 Å². The van der Waals surface area contributed by atoms with Gasteiger partial charge < -0.3 is 10.4 Å². The van der Waals surface area contributed by atoms with Gasteiger partial charge in [-0.15, -0.1) is 0 Å². The maximum Gasteiger partial charge on any atom is 0.326 e. The maximum atomic E-state index is 15.2. The van der Waals surface area contributed by atoms with E-state index in [2.05, 4.69) is 11.9 Å². The summed E-state index contributed by atoms with van der Waals surface area (Å²) in [7, 11) is -4.19. The minimum absolute atomic E-state index is 0.0950. The van der Waals surface area contributed by atoms with Gasteiger partial charge in [0, 0.05) is 6.04 Å². The van der Waals surface area contributed by atoms with Crippen molar-refractivity contribution in [3.05, 3.63) is 35.2 Å². The van der Waals surface area contributed by atoms with Crippen molar-refractivity contribution in [2.45, 2.75) is 44.6 Å².